The fraction of sp³-hybridized carbons (Fsp3) is 0.143. The predicted molar refractivity (Wildman–Crippen MR) is 85.4 cm³/mol. The van der Waals surface area contributed by atoms with Gasteiger partial charge in [0.25, 0.3) is 5.91 Å². The first-order chi connectivity index (χ1) is 10.1. The molecule has 1 N–H and O–H groups in total. The third kappa shape index (κ3) is 2.49. The number of aromatic hydroxyl groups is 1. The van der Waals surface area contributed by atoms with Gasteiger partial charge in [0.05, 0.1) is 17.2 Å². The maximum absolute atomic E-state index is 12.7. The van der Waals surface area contributed by atoms with Crippen LogP contribution in [-0.4, -0.2) is 37.0 Å². The number of nitrogens with zero attached hydrogens (tertiary/aromatic N) is 2. The van der Waals surface area contributed by atoms with Crippen LogP contribution < -0.4 is 15.1 Å². The van der Waals surface area contributed by atoms with E-state index in [0.29, 0.717) is 40.1 Å². The number of carbonyl (C=O) groups is 1. The lowest BCUT2D eigenvalue weighted by atomic mass is 9.93. The molecule has 7 heteroatoms. The summed E-state index contributed by atoms with van der Waals surface area (Å²) in [6, 6.07) is 5.04. The van der Waals surface area contributed by atoms with E-state index in [1.807, 2.05) is 0 Å². The van der Waals surface area contributed by atoms with Crippen LogP contribution in [0.2, 0.25) is 0 Å². The number of phenolic OH excluding ortho intramolecular Hbond substituents is 1. The lowest BCUT2D eigenvalue weighted by Gasteiger charge is -2.29. The van der Waals surface area contributed by atoms with Gasteiger partial charge >= 0.3 is 0 Å². The Morgan fingerprint density at radius 2 is 2.29 bits per heavy atom. The van der Waals surface area contributed by atoms with Crippen molar-refractivity contribution in [2.24, 2.45) is 0 Å². The van der Waals surface area contributed by atoms with Crippen molar-refractivity contribution in [3.63, 3.8) is 0 Å². The minimum absolute atomic E-state index is 0.142. The first-order valence-electron chi connectivity index (χ1n) is 6.45. The topological polar surface area (TPSA) is 62.7 Å². The van der Waals surface area contributed by atoms with Gasteiger partial charge in [-0.3, -0.25) is 9.78 Å². The minimum Gasteiger partial charge on any atom is -0.507 e. The minimum atomic E-state index is -0.142. The van der Waals surface area contributed by atoms with Gasteiger partial charge in [-0.05, 0) is 27.5 Å². The molecular formula is C14H12BBrN2O3. The molecular weight excluding hydrogens is 335 g/mol. The lowest BCUT2D eigenvalue weighted by Crippen LogP contribution is -2.38. The third-order valence-corrected chi connectivity index (χ3v) is 3.98. The second kappa shape index (κ2) is 5.40. The number of pyridine rings is 1. The number of halogens is 1. The molecule has 2 aromatic rings. The van der Waals surface area contributed by atoms with Crippen LogP contribution in [0.3, 0.4) is 0 Å². The summed E-state index contributed by atoms with van der Waals surface area (Å²) in [5, 5.41) is 9.78. The summed E-state index contributed by atoms with van der Waals surface area (Å²) in [5.41, 5.74) is 1.82. The fourth-order valence-corrected chi connectivity index (χ4v) is 2.85. The summed E-state index contributed by atoms with van der Waals surface area (Å²) in [5.74, 6) is 0.658. The van der Waals surface area contributed by atoms with Crippen LogP contribution in [0.1, 0.15) is 10.4 Å². The summed E-state index contributed by atoms with van der Waals surface area (Å²) in [6.45, 7) is 0.913. The molecule has 0 aliphatic carbocycles. The Morgan fingerprint density at radius 1 is 1.48 bits per heavy atom. The van der Waals surface area contributed by atoms with Crippen LogP contribution in [-0.2, 0) is 0 Å². The van der Waals surface area contributed by atoms with Crippen molar-refractivity contribution in [1.82, 2.24) is 4.98 Å². The fourth-order valence-electron chi connectivity index (χ4n) is 2.29. The van der Waals surface area contributed by atoms with Gasteiger partial charge in [-0.25, -0.2) is 0 Å². The highest BCUT2D eigenvalue weighted by molar-refractivity contribution is 9.10. The second-order valence-electron chi connectivity index (χ2n) is 4.77. The maximum Gasteiger partial charge on any atom is 0.258 e. The van der Waals surface area contributed by atoms with E-state index < -0.39 is 0 Å². The number of hydrogen-bond acceptors (Lipinski definition) is 4. The molecule has 1 aromatic carbocycles. The van der Waals surface area contributed by atoms with Gasteiger partial charge in [0.2, 0.25) is 0 Å². The van der Waals surface area contributed by atoms with Crippen molar-refractivity contribution < 1.29 is 14.6 Å². The van der Waals surface area contributed by atoms with E-state index in [-0.39, 0.29) is 11.7 Å². The molecule has 0 bridgehead atoms. The van der Waals surface area contributed by atoms with E-state index in [9.17, 15) is 9.90 Å². The molecule has 1 aromatic heterocycles. The summed E-state index contributed by atoms with van der Waals surface area (Å²) in [6.07, 6.45) is 3.25. The van der Waals surface area contributed by atoms with Crippen molar-refractivity contribution in [3.8, 4) is 11.5 Å². The summed E-state index contributed by atoms with van der Waals surface area (Å²) in [4.78, 5) is 18.4. The van der Waals surface area contributed by atoms with E-state index in [4.69, 9.17) is 4.74 Å². The molecule has 0 spiro atoms. The van der Waals surface area contributed by atoms with Crippen molar-refractivity contribution in [3.05, 3.63) is 40.6 Å². The SMILES string of the molecule is Bc1cc(C(=O)N2CCOc3ccncc32)cc(Br)c1O. The molecule has 1 aliphatic heterocycles. The zero-order valence-corrected chi connectivity index (χ0v) is 12.9. The molecule has 0 radical (unpaired) electrons. The van der Waals surface area contributed by atoms with E-state index in [2.05, 4.69) is 20.9 Å². The van der Waals surface area contributed by atoms with Crippen molar-refractivity contribution in [2.75, 3.05) is 18.1 Å². The monoisotopic (exact) mass is 346 g/mol. The van der Waals surface area contributed by atoms with Gasteiger partial charge in [-0.2, -0.15) is 0 Å². The Labute approximate surface area is 131 Å². The molecule has 1 amide bonds. The molecule has 3 rings (SSSR count). The first kappa shape index (κ1) is 13.9. The Balaban J connectivity index is 2.00. The van der Waals surface area contributed by atoms with E-state index >= 15 is 0 Å². The average Bonchev–Trinajstić information content (AvgIpc) is 2.51. The first-order valence-corrected chi connectivity index (χ1v) is 7.25. The molecule has 0 fully saturated rings. The zero-order chi connectivity index (χ0) is 15.0. The number of amides is 1. The Kier molecular flexibility index (Phi) is 3.59. The van der Waals surface area contributed by atoms with E-state index in [1.54, 1.807) is 43.3 Å². The van der Waals surface area contributed by atoms with Crippen LogP contribution in [0, 0.1) is 0 Å². The van der Waals surface area contributed by atoms with Crippen LogP contribution >= 0.6 is 15.9 Å². The molecule has 0 saturated carbocycles. The number of phenols is 1. The van der Waals surface area contributed by atoms with Gasteiger partial charge in [-0.1, -0.05) is 6.07 Å². The van der Waals surface area contributed by atoms with Gasteiger partial charge in [0.15, 0.2) is 0 Å². The van der Waals surface area contributed by atoms with Gasteiger partial charge in [0.1, 0.15) is 31.6 Å². The largest absolute Gasteiger partial charge is 0.507 e. The summed E-state index contributed by atoms with van der Waals surface area (Å²) >= 11 is 3.26. The smallest absolute Gasteiger partial charge is 0.258 e. The molecule has 0 atom stereocenters. The van der Waals surface area contributed by atoms with Crippen LogP contribution in [0.15, 0.2) is 35.1 Å². The lowest BCUT2D eigenvalue weighted by molar-refractivity contribution is 0.0976. The van der Waals surface area contributed by atoms with Crippen LogP contribution in [0.5, 0.6) is 11.5 Å². The van der Waals surface area contributed by atoms with Crippen molar-refractivity contribution in [1.29, 1.82) is 0 Å². The van der Waals surface area contributed by atoms with Crippen LogP contribution in [0.4, 0.5) is 5.69 Å². The quantitative estimate of drug-likeness (QED) is 0.777. The van der Waals surface area contributed by atoms with Gasteiger partial charge < -0.3 is 14.7 Å². The average molecular weight is 347 g/mol. The Morgan fingerprint density at radius 3 is 3.05 bits per heavy atom. The molecule has 21 heavy (non-hydrogen) atoms. The van der Waals surface area contributed by atoms with Gasteiger partial charge in [0, 0.05) is 17.8 Å². The Hall–Kier alpha value is -2.02. The number of fused-ring (bicyclic) bond motifs is 1. The normalized spacial score (nSPS) is 13.5. The predicted octanol–water partition coefficient (Wildman–Crippen LogP) is 0.847. The molecule has 2 heterocycles. The molecule has 0 unspecified atom stereocenters. The van der Waals surface area contributed by atoms with Crippen molar-refractivity contribution in [2.45, 2.75) is 0 Å². The summed E-state index contributed by atoms with van der Waals surface area (Å²) in [7, 11) is 1.76. The second-order valence-corrected chi connectivity index (χ2v) is 5.63. The third-order valence-electron chi connectivity index (χ3n) is 3.37. The molecule has 106 valence electrons. The number of aromatic nitrogens is 1. The zero-order valence-electron chi connectivity index (χ0n) is 11.3. The van der Waals surface area contributed by atoms with E-state index in [0.717, 1.165) is 0 Å². The number of ether oxygens (including phenoxy) is 1. The molecule has 0 saturated heterocycles. The number of hydrogen-bond donors (Lipinski definition) is 1. The number of rotatable bonds is 1. The highest BCUT2D eigenvalue weighted by Crippen LogP contribution is 2.31. The Bertz CT molecular complexity index is 700. The summed E-state index contributed by atoms with van der Waals surface area (Å²) < 4.78 is 6.03. The van der Waals surface area contributed by atoms with E-state index in [1.165, 1.54) is 0 Å². The standard InChI is InChI=1S/C14H12BBrN2O3/c15-9-5-8(6-10(16)13(9)19)14(20)18-3-4-21-12-1-2-17-7-11(12)18/h1-2,5-7,19H,3-4,15H2. The maximum atomic E-state index is 12.7. The highest BCUT2D eigenvalue weighted by atomic mass is 79.9. The molecule has 5 nitrogen and oxygen atoms in total. The molecule has 1 aliphatic rings. The van der Waals surface area contributed by atoms with Crippen molar-refractivity contribution >= 4 is 40.8 Å². The highest BCUT2D eigenvalue weighted by Gasteiger charge is 2.25. The number of carbonyl (C=O) groups excluding carboxylic acids is 1. The van der Waals surface area contributed by atoms with Gasteiger partial charge in [-0.15, -0.1) is 0 Å². The number of benzene rings is 1. The number of anilines is 1. The van der Waals surface area contributed by atoms with Crippen LogP contribution in [0.25, 0.3) is 0 Å².